The zero-order valence-corrected chi connectivity index (χ0v) is 18.0. The van der Waals surface area contributed by atoms with Crippen molar-refractivity contribution < 1.29 is 23.8 Å². The van der Waals surface area contributed by atoms with Crippen LogP contribution in [0.3, 0.4) is 0 Å². The zero-order valence-electron chi connectivity index (χ0n) is 18.0. The van der Waals surface area contributed by atoms with Crippen molar-refractivity contribution in [1.82, 2.24) is 9.80 Å². The SMILES string of the molecule is CO[C@H]1CC[C@H]2CCOc3c(C#N)cccc3C(=O)N(C)[C@@H](C)C(=O)N(C)C[C@H]1O2. The van der Waals surface area contributed by atoms with Gasteiger partial charge in [-0.05, 0) is 31.9 Å². The van der Waals surface area contributed by atoms with Crippen LogP contribution in [0.2, 0.25) is 0 Å². The van der Waals surface area contributed by atoms with E-state index < -0.39 is 6.04 Å². The number of hydrogen-bond donors (Lipinski definition) is 0. The predicted octanol–water partition coefficient (Wildman–Crippen LogP) is 1.82. The highest BCUT2D eigenvalue weighted by atomic mass is 16.5. The molecule has 1 aromatic rings. The number of hydrogen-bond acceptors (Lipinski definition) is 6. The molecule has 0 saturated carbocycles. The summed E-state index contributed by atoms with van der Waals surface area (Å²) in [6, 6.07) is 6.29. The summed E-state index contributed by atoms with van der Waals surface area (Å²) in [5, 5.41) is 9.49. The molecule has 2 aliphatic rings. The van der Waals surface area contributed by atoms with Gasteiger partial charge in [0.1, 0.15) is 24.0 Å². The van der Waals surface area contributed by atoms with E-state index in [2.05, 4.69) is 6.07 Å². The Balaban J connectivity index is 1.96. The van der Waals surface area contributed by atoms with Gasteiger partial charge in [-0.15, -0.1) is 0 Å². The Labute approximate surface area is 177 Å². The van der Waals surface area contributed by atoms with E-state index >= 15 is 0 Å². The van der Waals surface area contributed by atoms with Crippen molar-refractivity contribution in [3.05, 3.63) is 29.3 Å². The number of likely N-dealkylation sites (N-methyl/N-ethyl adjacent to an activating group) is 2. The Morgan fingerprint density at radius 3 is 2.67 bits per heavy atom. The van der Waals surface area contributed by atoms with Crippen LogP contribution in [-0.4, -0.2) is 80.3 Å². The number of amides is 2. The van der Waals surface area contributed by atoms with Gasteiger partial charge in [-0.3, -0.25) is 9.59 Å². The van der Waals surface area contributed by atoms with E-state index in [1.807, 2.05) is 0 Å². The number of nitriles is 1. The monoisotopic (exact) mass is 415 g/mol. The Hall–Kier alpha value is -2.63. The molecule has 0 aromatic heterocycles. The average Bonchev–Trinajstić information content (AvgIpc) is 2.76. The normalized spacial score (nSPS) is 28.2. The fraction of sp³-hybridized carbons (Fsp3) is 0.591. The maximum Gasteiger partial charge on any atom is 0.258 e. The molecule has 8 nitrogen and oxygen atoms in total. The third kappa shape index (κ3) is 4.42. The third-order valence-electron chi connectivity index (χ3n) is 6.00. The van der Waals surface area contributed by atoms with Crippen LogP contribution in [0.4, 0.5) is 0 Å². The van der Waals surface area contributed by atoms with E-state index in [0.717, 1.165) is 12.8 Å². The van der Waals surface area contributed by atoms with Crippen LogP contribution in [-0.2, 0) is 14.3 Å². The van der Waals surface area contributed by atoms with Crippen molar-refractivity contribution >= 4 is 11.8 Å². The molecule has 1 aromatic carbocycles. The first-order valence-electron chi connectivity index (χ1n) is 10.2. The third-order valence-corrected chi connectivity index (χ3v) is 6.00. The zero-order chi connectivity index (χ0) is 21.8. The standard InChI is InChI=1S/C22H29N3O5/c1-14-21(26)24(2)13-19-18(28-4)9-8-16(30-19)10-11-29-20-15(12-23)6-5-7-17(20)22(27)25(14)3/h5-7,14,16,18-19H,8-11,13H2,1-4H3/t14-,16-,18-,19+/m0/s1. The second kappa shape index (κ2) is 9.45. The van der Waals surface area contributed by atoms with E-state index in [0.29, 0.717) is 25.1 Å². The van der Waals surface area contributed by atoms with E-state index in [1.165, 1.54) is 4.90 Å². The highest BCUT2D eigenvalue weighted by molar-refractivity contribution is 6.00. The molecule has 2 bridgehead atoms. The van der Waals surface area contributed by atoms with Crippen LogP contribution in [0.15, 0.2) is 18.2 Å². The van der Waals surface area contributed by atoms with E-state index in [-0.39, 0.29) is 41.4 Å². The lowest BCUT2D eigenvalue weighted by molar-refractivity contribution is -0.152. The lowest BCUT2D eigenvalue weighted by Crippen LogP contribution is -2.52. The number of ether oxygens (including phenoxy) is 3. The van der Waals surface area contributed by atoms with E-state index in [9.17, 15) is 14.9 Å². The Bertz CT molecular complexity index is 837. The van der Waals surface area contributed by atoms with E-state index in [1.54, 1.807) is 51.2 Å². The number of benzene rings is 1. The fourth-order valence-electron chi connectivity index (χ4n) is 4.03. The Kier molecular flexibility index (Phi) is 6.95. The lowest BCUT2D eigenvalue weighted by Gasteiger charge is -2.39. The molecule has 0 aliphatic carbocycles. The largest absolute Gasteiger partial charge is 0.491 e. The molecule has 1 fully saturated rings. The summed E-state index contributed by atoms with van der Waals surface area (Å²) in [5.41, 5.74) is 0.567. The van der Waals surface area contributed by atoms with Gasteiger partial charge < -0.3 is 24.0 Å². The smallest absolute Gasteiger partial charge is 0.258 e. The van der Waals surface area contributed by atoms with Crippen molar-refractivity contribution in [3.8, 4) is 11.8 Å². The number of fused-ring (bicyclic) bond motifs is 3. The molecule has 30 heavy (non-hydrogen) atoms. The molecule has 2 amide bonds. The van der Waals surface area contributed by atoms with Crippen molar-refractivity contribution in [2.75, 3.05) is 34.4 Å². The lowest BCUT2D eigenvalue weighted by atomic mass is 9.98. The number of carbonyl (C=O) groups excluding carboxylic acids is 2. The maximum absolute atomic E-state index is 13.2. The summed E-state index contributed by atoms with van der Waals surface area (Å²) in [5.74, 6) is -0.300. The molecule has 0 N–H and O–H groups in total. The highest BCUT2D eigenvalue weighted by Crippen LogP contribution is 2.28. The van der Waals surface area contributed by atoms with Gasteiger partial charge in [-0.1, -0.05) is 6.07 Å². The molecule has 4 atom stereocenters. The Morgan fingerprint density at radius 1 is 1.20 bits per heavy atom. The fourth-order valence-corrected chi connectivity index (χ4v) is 4.03. The summed E-state index contributed by atoms with van der Waals surface area (Å²) < 4.78 is 17.7. The Morgan fingerprint density at radius 2 is 1.97 bits per heavy atom. The van der Waals surface area contributed by atoms with Gasteiger partial charge in [-0.25, -0.2) is 0 Å². The molecular formula is C22H29N3O5. The van der Waals surface area contributed by atoms with Crippen molar-refractivity contribution in [3.63, 3.8) is 0 Å². The maximum atomic E-state index is 13.2. The summed E-state index contributed by atoms with van der Waals surface area (Å²) in [6.07, 6.45) is 1.89. The minimum atomic E-state index is -0.690. The average molecular weight is 415 g/mol. The van der Waals surface area contributed by atoms with Gasteiger partial charge in [0.05, 0.1) is 29.9 Å². The van der Waals surface area contributed by atoms with Gasteiger partial charge in [0.2, 0.25) is 5.91 Å². The van der Waals surface area contributed by atoms with Gasteiger partial charge >= 0.3 is 0 Å². The second-order valence-corrected chi connectivity index (χ2v) is 7.89. The molecule has 8 heteroatoms. The van der Waals surface area contributed by atoms with Crippen LogP contribution in [0.5, 0.6) is 5.75 Å². The molecule has 162 valence electrons. The van der Waals surface area contributed by atoms with Gasteiger partial charge in [0, 0.05) is 34.2 Å². The molecule has 0 spiro atoms. The minimum absolute atomic E-state index is 0.0404. The predicted molar refractivity (Wildman–Crippen MR) is 109 cm³/mol. The van der Waals surface area contributed by atoms with Crippen LogP contribution in [0.1, 0.15) is 42.1 Å². The van der Waals surface area contributed by atoms with Crippen molar-refractivity contribution in [2.24, 2.45) is 0 Å². The number of para-hydroxylation sites is 1. The number of nitrogens with zero attached hydrogens (tertiary/aromatic N) is 3. The topological polar surface area (TPSA) is 92.1 Å². The quantitative estimate of drug-likeness (QED) is 0.695. The minimum Gasteiger partial charge on any atom is -0.491 e. The van der Waals surface area contributed by atoms with Gasteiger partial charge in [-0.2, -0.15) is 5.26 Å². The number of methoxy groups -OCH3 is 1. The molecule has 2 heterocycles. The molecule has 3 rings (SSSR count). The molecule has 0 radical (unpaired) electrons. The number of rotatable bonds is 1. The van der Waals surface area contributed by atoms with Crippen LogP contribution < -0.4 is 4.74 Å². The van der Waals surface area contributed by atoms with Crippen LogP contribution >= 0.6 is 0 Å². The summed E-state index contributed by atoms with van der Waals surface area (Å²) >= 11 is 0. The molecule has 2 aliphatic heterocycles. The highest BCUT2D eigenvalue weighted by Gasteiger charge is 2.35. The van der Waals surface area contributed by atoms with E-state index in [4.69, 9.17) is 14.2 Å². The first kappa shape index (κ1) is 22.1. The van der Waals surface area contributed by atoms with Crippen molar-refractivity contribution in [1.29, 1.82) is 5.26 Å². The first-order valence-corrected chi connectivity index (χ1v) is 10.2. The summed E-state index contributed by atoms with van der Waals surface area (Å²) in [4.78, 5) is 29.1. The van der Waals surface area contributed by atoms with Gasteiger partial charge in [0.15, 0.2) is 0 Å². The summed E-state index contributed by atoms with van der Waals surface area (Å²) in [6.45, 7) is 2.40. The molecule has 0 unspecified atom stereocenters. The van der Waals surface area contributed by atoms with Crippen LogP contribution in [0, 0.1) is 11.3 Å². The van der Waals surface area contributed by atoms with Gasteiger partial charge in [0.25, 0.3) is 5.91 Å². The second-order valence-electron chi connectivity index (χ2n) is 7.89. The molecular weight excluding hydrogens is 386 g/mol. The first-order chi connectivity index (χ1) is 14.4. The summed E-state index contributed by atoms with van der Waals surface area (Å²) in [7, 11) is 4.95. The molecule has 1 saturated heterocycles. The number of carbonyl (C=O) groups is 2. The van der Waals surface area contributed by atoms with Crippen molar-refractivity contribution in [2.45, 2.75) is 50.5 Å². The van der Waals surface area contributed by atoms with Crippen LogP contribution in [0.25, 0.3) is 0 Å².